The van der Waals surface area contributed by atoms with Gasteiger partial charge in [-0.1, -0.05) is 0 Å². The van der Waals surface area contributed by atoms with Crippen LogP contribution in [0.5, 0.6) is 5.88 Å². The van der Waals surface area contributed by atoms with Gasteiger partial charge in [-0.05, 0) is 19.0 Å². The van der Waals surface area contributed by atoms with Gasteiger partial charge in [-0.15, -0.1) is 0 Å². The number of carboxylic acid groups (broad SMARTS) is 1. The van der Waals surface area contributed by atoms with Crippen LogP contribution in [0.3, 0.4) is 0 Å². The van der Waals surface area contributed by atoms with Crippen LogP contribution < -0.4 is 10.1 Å². The van der Waals surface area contributed by atoms with Crippen molar-refractivity contribution < 1.29 is 37.1 Å². The molecule has 0 aliphatic carbocycles. The Morgan fingerprint density at radius 2 is 2.10 bits per heavy atom. The molecular formula is C10H11F3N2O5. The number of carbonyl (C=O) groups excluding carboxylic acids is 1. The predicted molar refractivity (Wildman–Crippen MR) is 57.0 cm³/mol. The summed E-state index contributed by atoms with van der Waals surface area (Å²) in [4.78, 5) is 22.0. The number of amides is 1. The zero-order valence-electron chi connectivity index (χ0n) is 10.4. The molecule has 0 fully saturated rings. The van der Waals surface area contributed by atoms with Crippen molar-refractivity contribution in [3.8, 4) is 5.88 Å². The summed E-state index contributed by atoms with van der Waals surface area (Å²) in [6.45, 7) is 1.06. The van der Waals surface area contributed by atoms with Crippen LogP contribution in [-0.2, 0) is 9.59 Å². The van der Waals surface area contributed by atoms with Gasteiger partial charge < -0.3 is 19.7 Å². The standard InChI is InChI=1S/C10H11F3N2O5/c1-5-3-7(15-20-5)19-4-6(16)14-9(2,8(17)18)10(11,12)13/h3H,4H2,1-2H3,(H,14,16)(H,17,18). The van der Waals surface area contributed by atoms with Crippen LogP contribution in [0.25, 0.3) is 0 Å². The summed E-state index contributed by atoms with van der Waals surface area (Å²) in [5.41, 5.74) is -3.40. The van der Waals surface area contributed by atoms with E-state index in [1.807, 2.05) is 0 Å². The number of hydrogen-bond donors (Lipinski definition) is 2. The number of hydrogen-bond acceptors (Lipinski definition) is 5. The van der Waals surface area contributed by atoms with Gasteiger partial charge in [-0.25, -0.2) is 4.79 Å². The Hall–Kier alpha value is -2.26. The van der Waals surface area contributed by atoms with Gasteiger partial charge in [0.25, 0.3) is 11.8 Å². The van der Waals surface area contributed by atoms with E-state index in [2.05, 4.69) is 9.68 Å². The predicted octanol–water partition coefficient (Wildman–Crippen LogP) is 0.884. The monoisotopic (exact) mass is 296 g/mol. The first-order valence-electron chi connectivity index (χ1n) is 5.23. The van der Waals surface area contributed by atoms with E-state index in [-0.39, 0.29) is 5.88 Å². The van der Waals surface area contributed by atoms with Crippen LogP contribution in [0.4, 0.5) is 13.2 Å². The van der Waals surface area contributed by atoms with Gasteiger partial charge in [0, 0.05) is 6.07 Å². The van der Waals surface area contributed by atoms with Crippen molar-refractivity contribution in [3.63, 3.8) is 0 Å². The van der Waals surface area contributed by atoms with E-state index in [1.165, 1.54) is 11.4 Å². The number of alkyl halides is 3. The second-order valence-corrected chi connectivity index (χ2v) is 4.04. The van der Waals surface area contributed by atoms with E-state index in [4.69, 9.17) is 9.84 Å². The quantitative estimate of drug-likeness (QED) is 0.836. The number of ether oxygens (including phenoxy) is 1. The lowest BCUT2D eigenvalue weighted by atomic mass is 10.0. The fourth-order valence-corrected chi connectivity index (χ4v) is 1.11. The van der Waals surface area contributed by atoms with Crippen molar-refractivity contribution in [2.75, 3.05) is 6.61 Å². The fourth-order valence-electron chi connectivity index (χ4n) is 1.11. The van der Waals surface area contributed by atoms with Crippen LogP contribution in [0.2, 0.25) is 0 Å². The average molecular weight is 296 g/mol. The molecule has 2 N–H and O–H groups in total. The molecule has 20 heavy (non-hydrogen) atoms. The zero-order valence-corrected chi connectivity index (χ0v) is 10.4. The van der Waals surface area contributed by atoms with E-state index in [9.17, 15) is 22.8 Å². The lowest BCUT2D eigenvalue weighted by Crippen LogP contribution is -2.62. The molecule has 1 unspecified atom stereocenters. The maximum atomic E-state index is 12.6. The molecule has 112 valence electrons. The SMILES string of the molecule is Cc1cc(OCC(=O)NC(C)(C(=O)O)C(F)(F)F)no1. The number of halogens is 3. The molecule has 0 radical (unpaired) electrons. The molecule has 1 atom stereocenters. The molecular weight excluding hydrogens is 285 g/mol. The first kappa shape index (κ1) is 15.8. The molecule has 1 aromatic rings. The van der Waals surface area contributed by atoms with Gasteiger partial charge in [-0.2, -0.15) is 13.2 Å². The van der Waals surface area contributed by atoms with Gasteiger partial charge in [0.1, 0.15) is 5.76 Å². The van der Waals surface area contributed by atoms with Crippen LogP contribution in [-0.4, -0.2) is 40.5 Å². The van der Waals surface area contributed by atoms with E-state index >= 15 is 0 Å². The molecule has 0 saturated carbocycles. The molecule has 0 spiro atoms. The van der Waals surface area contributed by atoms with Crippen molar-refractivity contribution in [2.45, 2.75) is 25.6 Å². The maximum absolute atomic E-state index is 12.6. The van der Waals surface area contributed by atoms with E-state index < -0.39 is 30.2 Å². The first-order chi connectivity index (χ1) is 9.06. The Bertz CT molecular complexity index is 513. The number of nitrogens with one attached hydrogen (secondary N) is 1. The average Bonchev–Trinajstić information content (AvgIpc) is 2.70. The number of nitrogens with zero attached hydrogens (tertiary/aromatic N) is 1. The summed E-state index contributed by atoms with van der Waals surface area (Å²) in [6, 6.07) is 1.31. The summed E-state index contributed by atoms with van der Waals surface area (Å²) >= 11 is 0. The molecule has 0 aliphatic rings. The van der Waals surface area contributed by atoms with Crippen molar-refractivity contribution in [1.82, 2.24) is 10.5 Å². The normalized spacial score (nSPS) is 14.4. The number of rotatable bonds is 5. The van der Waals surface area contributed by atoms with Gasteiger partial charge in [-0.3, -0.25) is 4.79 Å². The third-order valence-corrected chi connectivity index (χ3v) is 2.34. The number of aryl methyl sites for hydroxylation is 1. The van der Waals surface area contributed by atoms with Gasteiger partial charge in [0.05, 0.1) is 0 Å². The summed E-state index contributed by atoms with van der Waals surface area (Å²) in [7, 11) is 0. The Morgan fingerprint density at radius 3 is 2.50 bits per heavy atom. The Balaban J connectivity index is 2.66. The summed E-state index contributed by atoms with van der Waals surface area (Å²) < 4.78 is 47.2. The van der Waals surface area contributed by atoms with Crippen molar-refractivity contribution in [2.24, 2.45) is 0 Å². The smallest absolute Gasteiger partial charge is 0.422 e. The van der Waals surface area contributed by atoms with Crippen LogP contribution in [0.1, 0.15) is 12.7 Å². The minimum atomic E-state index is -5.15. The maximum Gasteiger partial charge on any atom is 0.422 e. The third-order valence-electron chi connectivity index (χ3n) is 2.34. The Labute approximate surface area is 110 Å². The van der Waals surface area contributed by atoms with Crippen molar-refractivity contribution in [3.05, 3.63) is 11.8 Å². The summed E-state index contributed by atoms with van der Waals surface area (Å²) in [5, 5.41) is 13.3. The minimum absolute atomic E-state index is 0.0957. The van der Waals surface area contributed by atoms with E-state index in [1.54, 1.807) is 6.92 Å². The van der Waals surface area contributed by atoms with Gasteiger partial charge in [0.2, 0.25) is 5.54 Å². The Morgan fingerprint density at radius 1 is 1.50 bits per heavy atom. The molecule has 1 rings (SSSR count). The fraction of sp³-hybridized carbons (Fsp3) is 0.500. The molecule has 1 amide bonds. The Kier molecular flexibility index (Phi) is 4.26. The lowest BCUT2D eigenvalue weighted by molar-refractivity contribution is -0.207. The van der Waals surface area contributed by atoms with Crippen molar-refractivity contribution in [1.29, 1.82) is 0 Å². The zero-order chi connectivity index (χ0) is 15.6. The molecule has 1 heterocycles. The molecule has 0 aliphatic heterocycles. The largest absolute Gasteiger partial charge is 0.479 e. The third kappa shape index (κ3) is 3.39. The molecule has 0 saturated heterocycles. The summed E-state index contributed by atoms with van der Waals surface area (Å²) in [6.07, 6.45) is -5.15. The molecule has 7 nitrogen and oxygen atoms in total. The topological polar surface area (TPSA) is 102 Å². The van der Waals surface area contributed by atoms with E-state index in [0.717, 1.165) is 0 Å². The first-order valence-corrected chi connectivity index (χ1v) is 5.23. The second kappa shape index (κ2) is 5.39. The van der Waals surface area contributed by atoms with Crippen LogP contribution in [0, 0.1) is 6.92 Å². The summed E-state index contributed by atoms with van der Waals surface area (Å²) in [5.74, 6) is -3.20. The van der Waals surface area contributed by atoms with Crippen molar-refractivity contribution >= 4 is 11.9 Å². The molecule has 0 aromatic carbocycles. The number of aromatic nitrogens is 1. The number of carbonyl (C=O) groups is 2. The lowest BCUT2D eigenvalue weighted by Gasteiger charge is -2.28. The van der Waals surface area contributed by atoms with Crippen LogP contribution >= 0.6 is 0 Å². The highest BCUT2D eigenvalue weighted by Gasteiger charge is 2.58. The van der Waals surface area contributed by atoms with Crippen LogP contribution in [0.15, 0.2) is 10.6 Å². The second-order valence-electron chi connectivity index (χ2n) is 4.04. The molecule has 1 aromatic heterocycles. The molecule has 10 heteroatoms. The molecule has 0 bridgehead atoms. The minimum Gasteiger partial charge on any atom is -0.479 e. The number of aliphatic carboxylic acids is 1. The highest BCUT2D eigenvalue weighted by Crippen LogP contribution is 2.30. The number of carboxylic acids is 1. The highest BCUT2D eigenvalue weighted by molar-refractivity contribution is 5.88. The van der Waals surface area contributed by atoms with Gasteiger partial charge in [0.15, 0.2) is 6.61 Å². The highest BCUT2D eigenvalue weighted by atomic mass is 19.4. The van der Waals surface area contributed by atoms with E-state index in [0.29, 0.717) is 12.7 Å². The van der Waals surface area contributed by atoms with Gasteiger partial charge >= 0.3 is 12.1 Å².